The smallest absolute Gasteiger partial charge is 0.342 e. The Bertz CT molecular complexity index is 495. The average molecular weight is 220 g/mol. The Kier molecular flexibility index (Phi) is 2.82. The van der Waals surface area contributed by atoms with E-state index in [0.717, 1.165) is 11.3 Å². The Morgan fingerprint density at radius 1 is 1.44 bits per heavy atom. The van der Waals surface area contributed by atoms with Crippen molar-refractivity contribution in [2.75, 3.05) is 0 Å². The minimum absolute atomic E-state index is 0.0463. The minimum Gasteiger partial charge on any atom is -0.404 e. The van der Waals surface area contributed by atoms with Gasteiger partial charge in [0.1, 0.15) is 6.33 Å². The molecule has 6 nitrogen and oxygen atoms in total. The molecule has 1 N–H and O–H groups in total. The summed E-state index contributed by atoms with van der Waals surface area (Å²) in [6.45, 7) is 1.78. The normalized spacial score (nSPS) is 10.4. The van der Waals surface area contributed by atoms with Crippen LogP contribution >= 0.6 is 0 Å². The molecule has 2 aromatic rings. The second kappa shape index (κ2) is 4.28. The van der Waals surface area contributed by atoms with Crippen LogP contribution in [0, 0.1) is 6.92 Å². The first-order chi connectivity index (χ1) is 7.67. The van der Waals surface area contributed by atoms with E-state index in [1.54, 1.807) is 19.2 Å². The summed E-state index contributed by atoms with van der Waals surface area (Å²) in [5.74, 6) is 0.384. The Morgan fingerprint density at radius 2 is 2.25 bits per heavy atom. The summed E-state index contributed by atoms with van der Waals surface area (Å²) in [5.41, 5.74) is 1.52. The van der Waals surface area contributed by atoms with E-state index >= 15 is 0 Å². The molecule has 0 aliphatic carbocycles. The Morgan fingerprint density at radius 3 is 2.88 bits per heavy atom. The Balaban J connectivity index is 2.24. The fraction of sp³-hybridized carbons (Fsp3) is 0.300. The van der Waals surface area contributed by atoms with Crippen molar-refractivity contribution in [3.8, 4) is 11.9 Å². The van der Waals surface area contributed by atoms with Crippen LogP contribution in [0.25, 0.3) is 0 Å². The Labute approximate surface area is 92.5 Å². The van der Waals surface area contributed by atoms with Gasteiger partial charge < -0.3 is 9.84 Å². The molecule has 0 saturated heterocycles. The minimum atomic E-state index is -0.0463. The number of nitrogens with zero attached hydrogens (tertiary/aromatic N) is 4. The monoisotopic (exact) mass is 220 g/mol. The molecule has 2 heterocycles. The molecule has 0 atom stereocenters. The molecule has 0 fully saturated rings. The molecule has 0 aliphatic heterocycles. The highest BCUT2D eigenvalue weighted by Crippen LogP contribution is 2.17. The molecule has 0 aromatic carbocycles. The number of ether oxygens (including phenoxy) is 1. The standard InChI is InChI=1S/C10H12N4O2/c1-7-3-8(5-15)4-9(12-7)16-10-11-6-14(2)13-10/h3-4,6,15H,5H2,1-2H3. The van der Waals surface area contributed by atoms with Crippen molar-refractivity contribution in [3.63, 3.8) is 0 Å². The molecule has 2 rings (SSSR count). The lowest BCUT2D eigenvalue weighted by Gasteiger charge is -2.03. The van der Waals surface area contributed by atoms with E-state index in [-0.39, 0.29) is 12.6 Å². The summed E-state index contributed by atoms with van der Waals surface area (Å²) in [4.78, 5) is 8.09. The quantitative estimate of drug-likeness (QED) is 0.828. The summed E-state index contributed by atoms with van der Waals surface area (Å²) >= 11 is 0. The molecule has 0 unspecified atom stereocenters. The van der Waals surface area contributed by atoms with Crippen molar-refractivity contribution in [3.05, 3.63) is 29.7 Å². The molecule has 0 amide bonds. The van der Waals surface area contributed by atoms with Gasteiger partial charge in [0.2, 0.25) is 5.88 Å². The lowest BCUT2D eigenvalue weighted by Crippen LogP contribution is -1.95. The first-order valence-corrected chi connectivity index (χ1v) is 4.79. The van der Waals surface area contributed by atoms with E-state index in [0.29, 0.717) is 5.88 Å². The number of pyridine rings is 1. The van der Waals surface area contributed by atoms with E-state index in [9.17, 15) is 0 Å². The van der Waals surface area contributed by atoms with Crippen LogP contribution < -0.4 is 4.74 Å². The van der Waals surface area contributed by atoms with Gasteiger partial charge in [0.25, 0.3) is 0 Å². The van der Waals surface area contributed by atoms with Gasteiger partial charge >= 0.3 is 6.01 Å². The van der Waals surface area contributed by atoms with Crippen LogP contribution in [-0.4, -0.2) is 24.9 Å². The van der Waals surface area contributed by atoms with Crippen LogP contribution in [0.15, 0.2) is 18.5 Å². The summed E-state index contributed by atoms with van der Waals surface area (Å²) in [5, 5.41) is 13.0. The van der Waals surface area contributed by atoms with Gasteiger partial charge in [-0.2, -0.15) is 4.98 Å². The van der Waals surface area contributed by atoms with Crippen LogP contribution in [0.1, 0.15) is 11.3 Å². The zero-order valence-electron chi connectivity index (χ0n) is 9.08. The van der Waals surface area contributed by atoms with E-state index < -0.39 is 0 Å². The highest BCUT2D eigenvalue weighted by Gasteiger charge is 2.05. The molecule has 0 spiro atoms. The first-order valence-electron chi connectivity index (χ1n) is 4.79. The third kappa shape index (κ3) is 2.34. The number of rotatable bonds is 3. The zero-order valence-corrected chi connectivity index (χ0v) is 9.08. The molecule has 16 heavy (non-hydrogen) atoms. The van der Waals surface area contributed by atoms with Crippen LogP contribution in [0.2, 0.25) is 0 Å². The van der Waals surface area contributed by atoms with E-state index in [2.05, 4.69) is 15.1 Å². The first kappa shape index (κ1) is 10.6. The average Bonchev–Trinajstić information content (AvgIpc) is 2.63. The van der Waals surface area contributed by atoms with Crippen LogP contribution in [0.3, 0.4) is 0 Å². The van der Waals surface area contributed by atoms with E-state index in [1.165, 1.54) is 11.0 Å². The lowest BCUT2D eigenvalue weighted by atomic mass is 10.2. The lowest BCUT2D eigenvalue weighted by molar-refractivity contribution is 0.280. The highest BCUT2D eigenvalue weighted by atomic mass is 16.5. The van der Waals surface area contributed by atoms with Crippen molar-refractivity contribution < 1.29 is 9.84 Å². The van der Waals surface area contributed by atoms with Gasteiger partial charge in [0, 0.05) is 18.8 Å². The van der Waals surface area contributed by atoms with Crippen molar-refractivity contribution >= 4 is 0 Å². The second-order valence-corrected chi connectivity index (χ2v) is 3.42. The summed E-state index contributed by atoms with van der Waals surface area (Å²) in [7, 11) is 1.75. The number of aryl methyl sites for hydroxylation is 2. The fourth-order valence-corrected chi connectivity index (χ4v) is 1.31. The van der Waals surface area contributed by atoms with Gasteiger partial charge in [-0.15, -0.1) is 5.10 Å². The number of aromatic nitrogens is 4. The molecule has 0 bridgehead atoms. The topological polar surface area (TPSA) is 73.1 Å². The second-order valence-electron chi connectivity index (χ2n) is 3.42. The maximum atomic E-state index is 9.04. The molecule has 84 valence electrons. The van der Waals surface area contributed by atoms with E-state index in [4.69, 9.17) is 9.84 Å². The third-order valence-electron chi connectivity index (χ3n) is 1.95. The zero-order chi connectivity index (χ0) is 11.5. The van der Waals surface area contributed by atoms with Gasteiger partial charge in [-0.05, 0) is 18.6 Å². The van der Waals surface area contributed by atoms with Gasteiger partial charge in [0.15, 0.2) is 0 Å². The van der Waals surface area contributed by atoms with Gasteiger partial charge in [-0.25, -0.2) is 4.98 Å². The largest absolute Gasteiger partial charge is 0.404 e. The van der Waals surface area contributed by atoms with Crippen LogP contribution in [-0.2, 0) is 13.7 Å². The predicted molar refractivity (Wildman–Crippen MR) is 56.0 cm³/mol. The molecule has 6 heteroatoms. The summed E-state index contributed by atoms with van der Waals surface area (Å²) in [6, 6.07) is 3.69. The fourth-order valence-electron chi connectivity index (χ4n) is 1.31. The number of aliphatic hydroxyl groups excluding tert-OH is 1. The maximum Gasteiger partial charge on any atom is 0.342 e. The van der Waals surface area contributed by atoms with E-state index in [1.807, 2.05) is 6.92 Å². The van der Waals surface area contributed by atoms with Gasteiger partial charge in [0.05, 0.1) is 6.61 Å². The molecule has 0 radical (unpaired) electrons. The molecular formula is C10H12N4O2. The van der Waals surface area contributed by atoms with Crippen LogP contribution in [0.4, 0.5) is 0 Å². The van der Waals surface area contributed by atoms with Crippen molar-refractivity contribution in [2.45, 2.75) is 13.5 Å². The molecular weight excluding hydrogens is 208 g/mol. The number of hydrogen-bond acceptors (Lipinski definition) is 5. The maximum absolute atomic E-state index is 9.04. The number of hydrogen-bond donors (Lipinski definition) is 1. The third-order valence-corrected chi connectivity index (χ3v) is 1.95. The number of aliphatic hydroxyl groups is 1. The molecule has 2 aromatic heterocycles. The van der Waals surface area contributed by atoms with Gasteiger partial charge in [-0.3, -0.25) is 4.68 Å². The molecule has 0 aliphatic rings. The van der Waals surface area contributed by atoms with Gasteiger partial charge in [-0.1, -0.05) is 0 Å². The molecule has 0 saturated carbocycles. The van der Waals surface area contributed by atoms with Crippen molar-refractivity contribution in [1.82, 2.24) is 19.7 Å². The van der Waals surface area contributed by atoms with Crippen molar-refractivity contribution in [1.29, 1.82) is 0 Å². The van der Waals surface area contributed by atoms with Crippen molar-refractivity contribution in [2.24, 2.45) is 7.05 Å². The SMILES string of the molecule is Cc1cc(CO)cc(Oc2ncn(C)n2)n1. The van der Waals surface area contributed by atoms with Crippen LogP contribution in [0.5, 0.6) is 11.9 Å². The Hall–Kier alpha value is -1.95. The summed E-state index contributed by atoms with van der Waals surface area (Å²) in [6.07, 6.45) is 1.54. The highest BCUT2D eigenvalue weighted by molar-refractivity contribution is 5.25. The predicted octanol–water partition coefficient (Wildman–Crippen LogP) is 0.803. The summed E-state index contributed by atoms with van der Waals surface area (Å²) < 4.78 is 6.90.